The number of aliphatic hydroxyl groups is 1. The number of allylic oxidation sites excluding steroid dienone is 1. The van der Waals surface area contributed by atoms with Gasteiger partial charge in [-0.05, 0) is 36.6 Å². The number of nitrogens with zero attached hydrogens (tertiary/aromatic N) is 4. The molecule has 1 saturated heterocycles. The topological polar surface area (TPSA) is 71.2 Å². The van der Waals surface area contributed by atoms with E-state index in [-0.39, 0.29) is 12.5 Å². The van der Waals surface area contributed by atoms with Crippen molar-refractivity contribution in [2.75, 3.05) is 13.1 Å². The molecule has 1 atom stereocenters. The third kappa shape index (κ3) is 3.83. The molecule has 0 radical (unpaired) electrons. The van der Waals surface area contributed by atoms with E-state index in [9.17, 15) is 9.90 Å². The number of carbonyl (C=O) groups excluding carboxylic acids is 1. The van der Waals surface area contributed by atoms with Crippen LogP contribution in [0.25, 0.3) is 5.57 Å². The minimum absolute atomic E-state index is 0.109. The summed E-state index contributed by atoms with van der Waals surface area (Å²) < 4.78 is 1.58. The molecular formula is C17H19ClN4O2. The number of halogens is 1. The Morgan fingerprint density at radius 2 is 2.33 bits per heavy atom. The average Bonchev–Trinajstić information content (AvgIpc) is 3.17. The SMILES string of the molecule is C/C(=C\C(=O)N1CCC(O)(Cn2ccnn2)C1)c1cccc(Cl)c1. The fourth-order valence-corrected chi connectivity index (χ4v) is 3.08. The van der Waals surface area contributed by atoms with E-state index in [4.69, 9.17) is 11.6 Å². The van der Waals surface area contributed by atoms with Crippen molar-refractivity contribution in [2.24, 2.45) is 0 Å². The number of benzene rings is 1. The van der Waals surface area contributed by atoms with Gasteiger partial charge in [0.25, 0.3) is 0 Å². The first kappa shape index (κ1) is 16.7. The highest BCUT2D eigenvalue weighted by atomic mass is 35.5. The first-order chi connectivity index (χ1) is 11.5. The molecule has 1 amide bonds. The Hall–Kier alpha value is -2.18. The van der Waals surface area contributed by atoms with Gasteiger partial charge < -0.3 is 10.0 Å². The van der Waals surface area contributed by atoms with Crippen molar-refractivity contribution in [3.05, 3.63) is 53.3 Å². The van der Waals surface area contributed by atoms with E-state index in [1.807, 2.05) is 25.1 Å². The molecule has 126 valence electrons. The molecule has 1 aromatic heterocycles. The number of likely N-dealkylation sites (tertiary alicyclic amines) is 1. The Kier molecular flexibility index (Phi) is 4.69. The predicted molar refractivity (Wildman–Crippen MR) is 91.3 cm³/mol. The van der Waals surface area contributed by atoms with Gasteiger partial charge in [-0.25, -0.2) is 4.68 Å². The van der Waals surface area contributed by atoms with Crippen LogP contribution >= 0.6 is 11.6 Å². The number of amides is 1. The molecule has 1 unspecified atom stereocenters. The number of β-amino-alcohol motifs (C(OH)–C–C–N with tert-alkyl or cyclic N) is 1. The number of aromatic nitrogens is 3. The zero-order valence-corrected chi connectivity index (χ0v) is 14.1. The molecule has 2 aromatic rings. The first-order valence-electron chi connectivity index (χ1n) is 7.75. The maximum atomic E-state index is 12.5. The van der Waals surface area contributed by atoms with Crippen LogP contribution in [0.2, 0.25) is 5.02 Å². The monoisotopic (exact) mass is 346 g/mol. The number of hydrogen-bond donors (Lipinski definition) is 1. The summed E-state index contributed by atoms with van der Waals surface area (Å²) in [6.45, 7) is 3.00. The summed E-state index contributed by atoms with van der Waals surface area (Å²) in [6.07, 6.45) is 5.37. The highest BCUT2D eigenvalue weighted by Gasteiger charge is 2.38. The highest BCUT2D eigenvalue weighted by Crippen LogP contribution is 2.24. The van der Waals surface area contributed by atoms with Gasteiger partial charge in [0, 0.05) is 23.8 Å². The van der Waals surface area contributed by atoms with E-state index in [2.05, 4.69) is 10.3 Å². The normalized spacial score (nSPS) is 21.3. The van der Waals surface area contributed by atoms with Gasteiger partial charge in [0.1, 0.15) is 5.60 Å². The van der Waals surface area contributed by atoms with Gasteiger partial charge in [-0.1, -0.05) is 28.9 Å². The van der Waals surface area contributed by atoms with Crippen molar-refractivity contribution >= 4 is 23.1 Å². The summed E-state index contributed by atoms with van der Waals surface area (Å²) in [5.41, 5.74) is 0.781. The predicted octanol–water partition coefficient (Wildman–Crippen LogP) is 2.00. The Morgan fingerprint density at radius 3 is 3.04 bits per heavy atom. The molecule has 0 aliphatic carbocycles. The third-order valence-electron chi connectivity index (χ3n) is 4.19. The molecule has 1 aliphatic heterocycles. The van der Waals surface area contributed by atoms with E-state index in [0.717, 1.165) is 11.1 Å². The smallest absolute Gasteiger partial charge is 0.246 e. The van der Waals surface area contributed by atoms with E-state index in [0.29, 0.717) is 24.5 Å². The van der Waals surface area contributed by atoms with Crippen molar-refractivity contribution in [1.29, 1.82) is 0 Å². The molecule has 6 nitrogen and oxygen atoms in total. The number of hydrogen-bond acceptors (Lipinski definition) is 4. The van der Waals surface area contributed by atoms with Gasteiger partial charge in [-0.15, -0.1) is 5.10 Å². The van der Waals surface area contributed by atoms with Crippen LogP contribution in [0, 0.1) is 0 Å². The summed E-state index contributed by atoms with van der Waals surface area (Å²) in [4.78, 5) is 14.1. The molecule has 3 rings (SSSR count). The van der Waals surface area contributed by atoms with Crippen LogP contribution in [0.4, 0.5) is 0 Å². The molecule has 0 spiro atoms. The van der Waals surface area contributed by atoms with Crippen molar-refractivity contribution in [2.45, 2.75) is 25.5 Å². The van der Waals surface area contributed by atoms with Gasteiger partial charge in [0.2, 0.25) is 5.91 Å². The second kappa shape index (κ2) is 6.75. The fourth-order valence-electron chi connectivity index (χ4n) is 2.89. The quantitative estimate of drug-likeness (QED) is 0.859. The van der Waals surface area contributed by atoms with E-state index in [1.54, 1.807) is 34.1 Å². The Bertz CT molecular complexity index is 760. The summed E-state index contributed by atoms with van der Waals surface area (Å²) >= 11 is 5.99. The third-order valence-corrected chi connectivity index (χ3v) is 4.43. The molecule has 1 aromatic carbocycles. The largest absolute Gasteiger partial charge is 0.386 e. The minimum atomic E-state index is -0.971. The minimum Gasteiger partial charge on any atom is -0.386 e. The van der Waals surface area contributed by atoms with Crippen LogP contribution in [0.15, 0.2) is 42.7 Å². The standard InChI is InChI=1S/C17H19ClN4O2/c1-13(14-3-2-4-15(18)10-14)9-16(23)21-7-5-17(24,11-21)12-22-8-6-19-20-22/h2-4,6,8-10,24H,5,7,11-12H2,1H3/b13-9+. The summed E-state index contributed by atoms with van der Waals surface area (Å²) in [5, 5.41) is 18.9. The van der Waals surface area contributed by atoms with Crippen LogP contribution in [-0.4, -0.2) is 49.6 Å². The lowest BCUT2D eigenvalue weighted by Crippen LogP contribution is -2.39. The molecule has 0 saturated carbocycles. The van der Waals surface area contributed by atoms with Gasteiger partial charge in [0.05, 0.1) is 19.3 Å². The van der Waals surface area contributed by atoms with Gasteiger partial charge in [-0.3, -0.25) is 4.79 Å². The molecule has 7 heteroatoms. The van der Waals surface area contributed by atoms with E-state index >= 15 is 0 Å². The zero-order chi connectivity index (χ0) is 17.2. The van der Waals surface area contributed by atoms with Crippen LogP contribution in [0.5, 0.6) is 0 Å². The lowest BCUT2D eigenvalue weighted by Gasteiger charge is -2.22. The summed E-state index contributed by atoms with van der Waals surface area (Å²) in [7, 11) is 0. The van der Waals surface area contributed by atoms with E-state index in [1.165, 1.54) is 0 Å². The van der Waals surface area contributed by atoms with Gasteiger partial charge >= 0.3 is 0 Å². The molecule has 2 heterocycles. The first-order valence-corrected chi connectivity index (χ1v) is 8.13. The van der Waals surface area contributed by atoms with Crippen LogP contribution in [0.3, 0.4) is 0 Å². The molecule has 1 aliphatic rings. The second-order valence-electron chi connectivity index (χ2n) is 6.17. The second-order valence-corrected chi connectivity index (χ2v) is 6.61. The summed E-state index contributed by atoms with van der Waals surface area (Å²) in [5.74, 6) is -0.109. The molecule has 1 N–H and O–H groups in total. The lowest BCUT2D eigenvalue weighted by molar-refractivity contribution is -0.126. The molecular weight excluding hydrogens is 328 g/mol. The van der Waals surface area contributed by atoms with Crippen molar-refractivity contribution in [3.63, 3.8) is 0 Å². The van der Waals surface area contributed by atoms with Crippen molar-refractivity contribution in [1.82, 2.24) is 19.9 Å². The van der Waals surface area contributed by atoms with Crippen LogP contribution < -0.4 is 0 Å². The molecule has 1 fully saturated rings. The van der Waals surface area contributed by atoms with Crippen molar-refractivity contribution in [3.8, 4) is 0 Å². The molecule has 24 heavy (non-hydrogen) atoms. The van der Waals surface area contributed by atoms with Gasteiger partial charge in [0.15, 0.2) is 0 Å². The van der Waals surface area contributed by atoms with E-state index < -0.39 is 5.60 Å². The Morgan fingerprint density at radius 1 is 1.50 bits per heavy atom. The zero-order valence-electron chi connectivity index (χ0n) is 13.4. The van der Waals surface area contributed by atoms with Gasteiger partial charge in [-0.2, -0.15) is 0 Å². The maximum absolute atomic E-state index is 12.5. The highest BCUT2D eigenvalue weighted by molar-refractivity contribution is 6.30. The van der Waals surface area contributed by atoms with Crippen molar-refractivity contribution < 1.29 is 9.90 Å². The lowest BCUT2D eigenvalue weighted by atomic mass is 10.0. The number of carbonyl (C=O) groups is 1. The Labute approximate surface area is 145 Å². The average molecular weight is 347 g/mol. The van der Waals surface area contributed by atoms with Crippen LogP contribution in [0.1, 0.15) is 18.9 Å². The maximum Gasteiger partial charge on any atom is 0.246 e. The fraction of sp³-hybridized carbons (Fsp3) is 0.353. The number of rotatable bonds is 4. The molecule has 0 bridgehead atoms. The summed E-state index contributed by atoms with van der Waals surface area (Å²) in [6, 6.07) is 7.39. The van der Waals surface area contributed by atoms with Crippen LogP contribution in [-0.2, 0) is 11.3 Å². The Balaban J connectivity index is 1.67.